The van der Waals surface area contributed by atoms with Gasteiger partial charge in [-0.15, -0.1) is 0 Å². The van der Waals surface area contributed by atoms with Crippen molar-refractivity contribution in [2.75, 3.05) is 0 Å². The average Bonchev–Trinajstić information content (AvgIpc) is 2.69. The number of pyridine rings is 1. The fraction of sp³-hybridized carbons (Fsp3) is 0.0952. The molecule has 1 N–H and O–H groups in total. The quantitative estimate of drug-likeness (QED) is 0.555. The first-order valence-corrected chi connectivity index (χ1v) is 8.19. The molecule has 0 saturated carbocycles. The van der Waals surface area contributed by atoms with E-state index in [4.69, 9.17) is 0 Å². The van der Waals surface area contributed by atoms with Crippen LogP contribution in [-0.4, -0.2) is 16.6 Å². The molecule has 3 aromatic rings. The molecule has 4 heteroatoms. The van der Waals surface area contributed by atoms with Gasteiger partial charge >= 0.3 is 0 Å². The molecule has 25 heavy (non-hydrogen) atoms. The predicted molar refractivity (Wildman–Crippen MR) is 99.2 cm³/mol. The van der Waals surface area contributed by atoms with Crippen LogP contribution >= 0.6 is 0 Å². The summed E-state index contributed by atoms with van der Waals surface area (Å²) in [5.41, 5.74) is 6.38. The Labute approximate surface area is 147 Å². The fourth-order valence-corrected chi connectivity index (χ4v) is 2.48. The minimum atomic E-state index is -0.105. The van der Waals surface area contributed by atoms with Crippen molar-refractivity contribution in [1.82, 2.24) is 10.4 Å². The van der Waals surface area contributed by atoms with E-state index in [2.05, 4.69) is 15.5 Å². The van der Waals surface area contributed by atoms with Gasteiger partial charge in [-0.05, 0) is 24.1 Å². The zero-order valence-electron chi connectivity index (χ0n) is 13.8. The monoisotopic (exact) mass is 329 g/mol. The Kier molecular flexibility index (Phi) is 5.67. The van der Waals surface area contributed by atoms with Crippen molar-refractivity contribution in [3.8, 4) is 0 Å². The molecule has 124 valence electrons. The summed E-state index contributed by atoms with van der Waals surface area (Å²) in [6, 6.07) is 23.5. The summed E-state index contributed by atoms with van der Waals surface area (Å²) < 4.78 is 0. The maximum absolute atomic E-state index is 12.2. The lowest BCUT2D eigenvalue weighted by Gasteiger charge is -2.08. The average molecular weight is 329 g/mol. The van der Waals surface area contributed by atoms with Crippen LogP contribution in [0.4, 0.5) is 0 Å². The lowest BCUT2D eigenvalue weighted by molar-refractivity contribution is -0.121. The second-order valence-electron chi connectivity index (χ2n) is 5.58. The molecule has 2 aromatic carbocycles. The van der Waals surface area contributed by atoms with Crippen LogP contribution in [0.3, 0.4) is 0 Å². The molecule has 0 atom stereocenters. The minimum absolute atomic E-state index is 0.105. The first kappa shape index (κ1) is 16.6. The smallest absolute Gasteiger partial charge is 0.240 e. The number of rotatable bonds is 6. The molecule has 0 radical (unpaired) electrons. The fourth-order valence-electron chi connectivity index (χ4n) is 2.48. The molecule has 0 fully saturated rings. The first-order chi connectivity index (χ1) is 12.3. The number of hydrogen-bond acceptors (Lipinski definition) is 3. The van der Waals surface area contributed by atoms with Crippen LogP contribution in [0.1, 0.15) is 23.1 Å². The van der Waals surface area contributed by atoms with Crippen molar-refractivity contribution in [2.24, 2.45) is 5.10 Å². The van der Waals surface area contributed by atoms with Gasteiger partial charge in [0.25, 0.3) is 0 Å². The molecule has 0 aliphatic heterocycles. The SMILES string of the molecule is O=C(CCc1ccccc1)N/N=C(\c1ccccc1)c1ccncc1. The summed E-state index contributed by atoms with van der Waals surface area (Å²) in [5, 5.41) is 4.37. The molecule has 0 bridgehead atoms. The third-order valence-corrected chi connectivity index (χ3v) is 3.78. The summed E-state index contributed by atoms with van der Waals surface area (Å²) in [5.74, 6) is -0.105. The van der Waals surface area contributed by atoms with Crippen LogP contribution < -0.4 is 5.43 Å². The van der Waals surface area contributed by atoms with Crippen molar-refractivity contribution < 1.29 is 4.79 Å². The molecular weight excluding hydrogens is 310 g/mol. The van der Waals surface area contributed by atoms with Crippen molar-refractivity contribution in [3.63, 3.8) is 0 Å². The largest absolute Gasteiger partial charge is 0.273 e. The van der Waals surface area contributed by atoms with Gasteiger partial charge in [-0.2, -0.15) is 5.10 Å². The highest BCUT2D eigenvalue weighted by Crippen LogP contribution is 2.10. The van der Waals surface area contributed by atoms with E-state index in [1.165, 1.54) is 0 Å². The number of aryl methyl sites for hydroxylation is 1. The van der Waals surface area contributed by atoms with Gasteiger partial charge in [0.15, 0.2) is 0 Å². The third-order valence-electron chi connectivity index (χ3n) is 3.78. The van der Waals surface area contributed by atoms with E-state index in [0.717, 1.165) is 22.4 Å². The Morgan fingerprint density at radius 1 is 0.840 bits per heavy atom. The summed E-state index contributed by atoms with van der Waals surface area (Å²) >= 11 is 0. The maximum Gasteiger partial charge on any atom is 0.240 e. The Hall–Kier alpha value is -3.27. The van der Waals surface area contributed by atoms with Crippen LogP contribution in [-0.2, 0) is 11.2 Å². The minimum Gasteiger partial charge on any atom is -0.273 e. The van der Waals surface area contributed by atoms with Gasteiger partial charge in [0.2, 0.25) is 5.91 Å². The van der Waals surface area contributed by atoms with Crippen LogP contribution in [0.2, 0.25) is 0 Å². The molecular formula is C21H19N3O. The second-order valence-corrected chi connectivity index (χ2v) is 5.58. The summed E-state index contributed by atoms with van der Waals surface area (Å²) in [4.78, 5) is 16.2. The van der Waals surface area contributed by atoms with Crippen molar-refractivity contribution in [1.29, 1.82) is 0 Å². The van der Waals surface area contributed by atoms with E-state index in [0.29, 0.717) is 12.8 Å². The van der Waals surface area contributed by atoms with Gasteiger partial charge in [-0.3, -0.25) is 9.78 Å². The Balaban J connectivity index is 1.72. The number of nitrogens with zero attached hydrogens (tertiary/aromatic N) is 2. The molecule has 0 spiro atoms. The van der Waals surface area contributed by atoms with E-state index >= 15 is 0 Å². The van der Waals surface area contributed by atoms with E-state index in [9.17, 15) is 4.79 Å². The number of nitrogens with one attached hydrogen (secondary N) is 1. The predicted octanol–water partition coefficient (Wildman–Crippen LogP) is 3.58. The highest BCUT2D eigenvalue weighted by molar-refractivity contribution is 6.13. The summed E-state index contributed by atoms with van der Waals surface area (Å²) in [6.45, 7) is 0. The Morgan fingerprint density at radius 3 is 2.12 bits per heavy atom. The zero-order chi connectivity index (χ0) is 17.3. The normalized spacial score (nSPS) is 11.1. The number of hydrogen-bond donors (Lipinski definition) is 1. The maximum atomic E-state index is 12.2. The van der Waals surface area contributed by atoms with E-state index < -0.39 is 0 Å². The molecule has 0 unspecified atom stereocenters. The van der Waals surface area contributed by atoms with Crippen molar-refractivity contribution in [3.05, 3.63) is 102 Å². The standard InChI is InChI=1S/C21H19N3O/c25-20(12-11-17-7-3-1-4-8-17)23-24-21(18-9-5-2-6-10-18)19-13-15-22-16-14-19/h1-10,13-16H,11-12H2,(H,23,25)/b24-21+. The van der Waals surface area contributed by atoms with Crippen LogP contribution in [0.25, 0.3) is 0 Å². The van der Waals surface area contributed by atoms with Gasteiger partial charge in [0, 0.05) is 29.9 Å². The number of benzene rings is 2. The molecule has 0 saturated heterocycles. The van der Waals surface area contributed by atoms with Gasteiger partial charge in [0.1, 0.15) is 0 Å². The number of amides is 1. The van der Waals surface area contributed by atoms with Crippen molar-refractivity contribution in [2.45, 2.75) is 12.8 Å². The highest BCUT2D eigenvalue weighted by atomic mass is 16.2. The van der Waals surface area contributed by atoms with E-state index in [1.54, 1.807) is 12.4 Å². The summed E-state index contributed by atoms with van der Waals surface area (Å²) in [7, 11) is 0. The van der Waals surface area contributed by atoms with Gasteiger partial charge in [-0.25, -0.2) is 5.43 Å². The summed E-state index contributed by atoms with van der Waals surface area (Å²) in [6.07, 6.45) is 4.51. The zero-order valence-corrected chi connectivity index (χ0v) is 13.8. The molecule has 1 amide bonds. The topological polar surface area (TPSA) is 54.4 Å². The lowest BCUT2D eigenvalue weighted by atomic mass is 10.0. The lowest BCUT2D eigenvalue weighted by Crippen LogP contribution is -2.21. The number of carbonyl (C=O) groups excluding carboxylic acids is 1. The number of aromatic nitrogens is 1. The first-order valence-electron chi connectivity index (χ1n) is 8.19. The number of hydrazone groups is 1. The molecule has 0 aliphatic carbocycles. The third kappa shape index (κ3) is 4.85. The van der Waals surface area contributed by atoms with E-state index in [1.807, 2.05) is 72.8 Å². The Bertz CT molecular complexity index is 789. The molecule has 1 aromatic heterocycles. The van der Waals surface area contributed by atoms with Gasteiger partial charge in [0.05, 0.1) is 5.71 Å². The molecule has 0 aliphatic rings. The number of carbonyl (C=O) groups is 1. The highest BCUT2D eigenvalue weighted by Gasteiger charge is 2.08. The second kappa shape index (κ2) is 8.55. The molecule has 4 nitrogen and oxygen atoms in total. The molecule has 3 rings (SSSR count). The van der Waals surface area contributed by atoms with Crippen LogP contribution in [0, 0.1) is 0 Å². The molecule has 1 heterocycles. The van der Waals surface area contributed by atoms with E-state index in [-0.39, 0.29) is 5.91 Å². The van der Waals surface area contributed by atoms with Crippen LogP contribution in [0.15, 0.2) is 90.3 Å². The van der Waals surface area contributed by atoms with Crippen molar-refractivity contribution >= 4 is 11.6 Å². The van der Waals surface area contributed by atoms with Crippen LogP contribution in [0.5, 0.6) is 0 Å². The van der Waals surface area contributed by atoms with Gasteiger partial charge in [-0.1, -0.05) is 60.7 Å². The Morgan fingerprint density at radius 2 is 1.44 bits per heavy atom. The van der Waals surface area contributed by atoms with Gasteiger partial charge < -0.3 is 0 Å².